The summed E-state index contributed by atoms with van der Waals surface area (Å²) in [7, 11) is 1.58. The van der Waals surface area contributed by atoms with Crippen LogP contribution in [0.25, 0.3) is 5.69 Å². The Hall–Kier alpha value is -1.85. The fourth-order valence-corrected chi connectivity index (χ4v) is 1.55. The lowest BCUT2D eigenvalue weighted by molar-refractivity contribution is 0.0495. The van der Waals surface area contributed by atoms with Crippen molar-refractivity contribution in [3.8, 4) is 11.6 Å². The van der Waals surface area contributed by atoms with E-state index in [1.54, 1.807) is 11.8 Å². The largest absolute Gasteiger partial charge is 0.475 e. The molecule has 0 saturated heterocycles. The number of nitrogens with one attached hydrogen (secondary N) is 1. The quantitative estimate of drug-likeness (QED) is 0.791. The first kappa shape index (κ1) is 12.6. The number of benzene rings is 1. The summed E-state index contributed by atoms with van der Waals surface area (Å²) in [5.41, 5.74) is 3.80. The van der Waals surface area contributed by atoms with E-state index in [0.29, 0.717) is 12.5 Å². The predicted molar refractivity (Wildman–Crippen MR) is 68.7 cm³/mol. The van der Waals surface area contributed by atoms with Crippen molar-refractivity contribution in [3.63, 3.8) is 0 Å². The molecule has 2 rings (SSSR count). The Morgan fingerprint density at radius 1 is 1.28 bits per heavy atom. The molecule has 0 radical (unpaired) electrons. The fourth-order valence-electron chi connectivity index (χ4n) is 1.55. The molecule has 0 aliphatic rings. The molecule has 1 aromatic carbocycles. The van der Waals surface area contributed by atoms with Gasteiger partial charge in [-0.15, -0.1) is 5.10 Å². The van der Waals surface area contributed by atoms with Gasteiger partial charge in [-0.1, -0.05) is 18.2 Å². The van der Waals surface area contributed by atoms with Gasteiger partial charge in [0, 0.05) is 12.3 Å². The Labute approximate surface area is 106 Å². The lowest BCUT2D eigenvalue weighted by Gasteiger charge is -2.11. The summed E-state index contributed by atoms with van der Waals surface area (Å²) in [4.78, 5) is 4.81. The second kappa shape index (κ2) is 6.18. The Morgan fingerprint density at radius 2 is 2.06 bits per heavy atom. The third kappa shape index (κ3) is 3.32. The highest BCUT2D eigenvalue weighted by atomic mass is 16.6. The van der Waals surface area contributed by atoms with Crippen LogP contribution in [0.1, 0.15) is 6.92 Å². The SMILES string of the molecule is CONC(C)COc1ccn(-c2ccccc2)n1. The smallest absolute Gasteiger partial charge is 0.233 e. The molecule has 0 bridgehead atoms. The standard InChI is InChI=1S/C13H17N3O2/c1-11(15-17-2)10-18-13-8-9-16(14-13)12-6-4-3-5-7-12/h3-9,11,15H,10H2,1-2H3. The first-order chi connectivity index (χ1) is 8.79. The number of para-hydroxylation sites is 1. The third-order valence-corrected chi connectivity index (χ3v) is 2.39. The summed E-state index contributed by atoms with van der Waals surface area (Å²) < 4.78 is 7.33. The molecule has 0 spiro atoms. The minimum atomic E-state index is 0.108. The number of hydroxylamine groups is 1. The Morgan fingerprint density at radius 3 is 2.78 bits per heavy atom. The van der Waals surface area contributed by atoms with Gasteiger partial charge in [-0.25, -0.2) is 4.68 Å². The molecule has 0 fully saturated rings. The van der Waals surface area contributed by atoms with E-state index in [4.69, 9.17) is 9.57 Å². The first-order valence-electron chi connectivity index (χ1n) is 5.82. The Bertz CT molecular complexity index is 470. The topological polar surface area (TPSA) is 48.3 Å². The highest BCUT2D eigenvalue weighted by Gasteiger charge is 2.05. The van der Waals surface area contributed by atoms with Gasteiger partial charge in [0.2, 0.25) is 5.88 Å². The molecule has 1 heterocycles. The van der Waals surface area contributed by atoms with Crippen molar-refractivity contribution in [1.82, 2.24) is 15.3 Å². The van der Waals surface area contributed by atoms with E-state index < -0.39 is 0 Å². The molecular formula is C13H17N3O2. The molecule has 1 atom stereocenters. The van der Waals surface area contributed by atoms with Gasteiger partial charge in [0.25, 0.3) is 0 Å². The molecule has 0 amide bonds. The van der Waals surface area contributed by atoms with E-state index in [1.165, 1.54) is 0 Å². The molecule has 1 N–H and O–H groups in total. The maximum Gasteiger partial charge on any atom is 0.233 e. The molecule has 1 aromatic heterocycles. The summed E-state index contributed by atoms with van der Waals surface area (Å²) in [6, 6.07) is 11.9. The predicted octanol–water partition coefficient (Wildman–Crippen LogP) is 1.79. The highest BCUT2D eigenvalue weighted by Crippen LogP contribution is 2.11. The monoisotopic (exact) mass is 247 g/mol. The van der Waals surface area contributed by atoms with Crippen molar-refractivity contribution in [2.45, 2.75) is 13.0 Å². The zero-order chi connectivity index (χ0) is 12.8. The van der Waals surface area contributed by atoms with E-state index in [1.807, 2.05) is 49.5 Å². The van der Waals surface area contributed by atoms with Gasteiger partial charge in [0.1, 0.15) is 6.61 Å². The average molecular weight is 247 g/mol. The van der Waals surface area contributed by atoms with Gasteiger partial charge >= 0.3 is 0 Å². The molecule has 5 nitrogen and oxygen atoms in total. The first-order valence-corrected chi connectivity index (χ1v) is 5.82. The lowest BCUT2D eigenvalue weighted by Crippen LogP contribution is -2.30. The zero-order valence-corrected chi connectivity index (χ0v) is 10.5. The van der Waals surface area contributed by atoms with Gasteiger partial charge in [0.05, 0.1) is 18.8 Å². The van der Waals surface area contributed by atoms with Crippen LogP contribution in [-0.4, -0.2) is 29.5 Å². The van der Waals surface area contributed by atoms with Crippen molar-refractivity contribution >= 4 is 0 Å². The van der Waals surface area contributed by atoms with Crippen molar-refractivity contribution in [1.29, 1.82) is 0 Å². The van der Waals surface area contributed by atoms with Gasteiger partial charge in [-0.2, -0.15) is 5.48 Å². The molecule has 18 heavy (non-hydrogen) atoms. The van der Waals surface area contributed by atoms with Crippen molar-refractivity contribution < 1.29 is 9.57 Å². The summed E-state index contributed by atoms with van der Waals surface area (Å²) in [6.45, 7) is 2.47. The van der Waals surface area contributed by atoms with E-state index in [9.17, 15) is 0 Å². The van der Waals surface area contributed by atoms with E-state index >= 15 is 0 Å². The van der Waals surface area contributed by atoms with Crippen molar-refractivity contribution in [2.75, 3.05) is 13.7 Å². The maximum atomic E-state index is 5.55. The van der Waals surface area contributed by atoms with Crippen LogP contribution in [0, 0.1) is 0 Å². The van der Waals surface area contributed by atoms with Gasteiger partial charge in [-0.3, -0.25) is 0 Å². The van der Waals surface area contributed by atoms with E-state index in [2.05, 4.69) is 10.6 Å². The van der Waals surface area contributed by atoms with Crippen LogP contribution < -0.4 is 10.2 Å². The summed E-state index contributed by atoms with van der Waals surface area (Å²) >= 11 is 0. The van der Waals surface area contributed by atoms with Crippen LogP contribution in [0.5, 0.6) is 5.88 Å². The van der Waals surface area contributed by atoms with Crippen LogP contribution in [0.4, 0.5) is 0 Å². The Kier molecular flexibility index (Phi) is 4.33. The molecular weight excluding hydrogens is 230 g/mol. The molecule has 5 heteroatoms. The molecule has 0 aliphatic carbocycles. The van der Waals surface area contributed by atoms with Gasteiger partial charge in [-0.05, 0) is 19.1 Å². The minimum absolute atomic E-state index is 0.108. The molecule has 0 aliphatic heterocycles. The highest BCUT2D eigenvalue weighted by molar-refractivity contribution is 5.31. The van der Waals surface area contributed by atoms with E-state index in [0.717, 1.165) is 5.69 Å². The third-order valence-electron chi connectivity index (χ3n) is 2.39. The van der Waals surface area contributed by atoms with Crippen LogP contribution >= 0.6 is 0 Å². The van der Waals surface area contributed by atoms with Gasteiger partial charge in [0.15, 0.2) is 0 Å². The average Bonchev–Trinajstić information content (AvgIpc) is 2.87. The summed E-state index contributed by atoms with van der Waals surface area (Å²) in [5, 5.41) is 4.34. The minimum Gasteiger partial charge on any atom is -0.475 e. The zero-order valence-electron chi connectivity index (χ0n) is 10.5. The maximum absolute atomic E-state index is 5.55. The number of nitrogens with zero attached hydrogens (tertiary/aromatic N) is 2. The van der Waals surface area contributed by atoms with Crippen molar-refractivity contribution in [3.05, 3.63) is 42.6 Å². The second-order valence-electron chi connectivity index (χ2n) is 3.97. The van der Waals surface area contributed by atoms with Crippen LogP contribution in [0.3, 0.4) is 0 Å². The van der Waals surface area contributed by atoms with E-state index in [-0.39, 0.29) is 6.04 Å². The summed E-state index contributed by atoms with van der Waals surface area (Å²) in [5.74, 6) is 0.601. The van der Waals surface area contributed by atoms with Gasteiger partial charge < -0.3 is 9.57 Å². The number of hydrogen-bond acceptors (Lipinski definition) is 4. The number of ether oxygens (including phenoxy) is 1. The fraction of sp³-hybridized carbons (Fsp3) is 0.308. The van der Waals surface area contributed by atoms with Crippen molar-refractivity contribution in [2.24, 2.45) is 0 Å². The summed E-state index contributed by atoms with van der Waals surface area (Å²) in [6.07, 6.45) is 1.87. The second-order valence-corrected chi connectivity index (χ2v) is 3.97. The number of aromatic nitrogens is 2. The molecule has 1 unspecified atom stereocenters. The van der Waals surface area contributed by atoms with Crippen LogP contribution in [-0.2, 0) is 4.84 Å². The number of hydrogen-bond donors (Lipinski definition) is 1. The molecule has 0 saturated carbocycles. The molecule has 96 valence electrons. The van der Waals surface area contributed by atoms with Crippen LogP contribution in [0.2, 0.25) is 0 Å². The lowest BCUT2D eigenvalue weighted by atomic mass is 10.3. The number of rotatable bonds is 6. The Balaban J connectivity index is 1.95. The molecule has 2 aromatic rings. The van der Waals surface area contributed by atoms with Crippen LogP contribution in [0.15, 0.2) is 42.6 Å². The normalized spacial score (nSPS) is 12.3.